The molecule has 1 amide bonds. The van der Waals surface area contributed by atoms with Gasteiger partial charge in [-0.05, 0) is 61.5 Å². The highest BCUT2D eigenvalue weighted by Gasteiger charge is 2.08. The van der Waals surface area contributed by atoms with E-state index in [0.29, 0.717) is 29.4 Å². The minimum absolute atomic E-state index is 0.108. The molecule has 0 bridgehead atoms. The number of nitrogens with one attached hydrogen (secondary N) is 1. The van der Waals surface area contributed by atoms with Gasteiger partial charge in [-0.25, -0.2) is 0 Å². The summed E-state index contributed by atoms with van der Waals surface area (Å²) in [7, 11) is 0. The first-order valence-electron chi connectivity index (χ1n) is 8.71. The number of amides is 1. The molecule has 0 aliphatic carbocycles. The van der Waals surface area contributed by atoms with Crippen LogP contribution in [-0.4, -0.2) is 17.6 Å². The van der Waals surface area contributed by atoms with Crippen LogP contribution in [-0.2, 0) is 11.2 Å². The lowest BCUT2D eigenvalue weighted by atomic mass is 10.1. The SMILES string of the molecule is CCOc1ccc(Oc2ccc(NC(=O)Cc3ccccc3O)cc2)cc1. The maximum Gasteiger partial charge on any atom is 0.228 e. The van der Waals surface area contributed by atoms with Gasteiger partial charge in [-0.3, -0.25) is 4.79 Å². The Labute approximate surface area is 158 Å². The number of benzene rings is 3. The van der Waals surface area contributed by atoms with Crippen LogP contribution >= 0.6 is 0 Å². The summed E-state index contributed by atoms with van der Waals surface area (Å²) in [6.45, 7) is 2.56. The minimum atomic E-state index is -0.198. The summed E-state index contributed by atoms with van der Waals surface area (Å²) in [5.74, 6) is 2.09. The highest BCUT2D eigenvalue weighted by atomic mass is 16.5. The summed E-state index contributed by atoms with van der Waals surface area (Å²) in [5.41, 5.74) is 1.25. The van der Waals surface area contributed by atoms with Crippen molar-refractivity contribution in [3.05, 3.63) is 78.4 Å². The van der Waals surface area contributed by atoms with Crippen molar-refractivity contribution in [2.75, 3.05) is 11.9 Å². The lowest BCUT2D eigenvalue weighted by Gasteiger charge is -2.09. The topological polar surface area (TPSA) is 67.8 Å². The fourth-order valence-electron chi connectivity index (χ4n) is 2.55. The molecular weight excluding hydrogens is 342 g/mol. The lowest BCUT2D eigenvalue weighted by molar-refractivity contribution is -0.115. The summed E-state index contributed by atoms with van der Waals surface area (Å²) in [6, 6.07) is 21.3. The molecule has 5 nitrogen and oxygen atoms in total. The number of phenolic OH excluding ortho intramolecular Hbond substituents is 1. The molecule has 0 fully saturated rings. The van der Waals surface area contributed by atoms with E-state index in [-0.39, 0.29) is 18.1 Å². The number of para-hydroxylation sites is 1. The monoisotopic (exact) mass is 363 g/mol. The van der Waals surface area contributed by atoms with Gasteiger partial charge in [0.25, 0.3) is 0 Å². The Morgan fingerprint density at radius 1 is 0.889 bits per heavy atom. The predicted molar refractivity (Wildman–Crippen MR) is 105 cm³/mol. The smallest absolute Gasteiger partial charge is 0.228 e. The Bertz CT molecular complexity index is 889. The van der Waals surface area contributed by atoms with Crippen LogP contribution < -0.4 is 14.8 Å². The molecule has 0 spiro atoms. The van der Waals surface area contributed by atoms with Crippen molar-refractivity contribution in [2.24, 2.45) is 0 Å². The van der Waals surface area contributed by atoms with Gasteiger partial charge in [-0.15, -0.1) is 0 Å². The van der Waals surface area contributed by atoms with Crippen LogP contribution in [0.3, 0.4) is 0 Å². The number of carbonyl (C=O) groups is 1. The van der Waals surface area contributed by atoms with Crippen molar-refractivity contribution < 1.29 is 19.4 Å². The summed E-state index contributed by atoms with van der Waals surface area (Å²) in [6.07, 6.45) is 0.108. The summed E-state index contributed by atoms with van der Waals surface area (Å²) in [5, 5.41) is 12.6. The van der Waals surface area contributed by atoms with E-state index in [4.69, 9.17) is 9.47 Å². The number of hydrogen-bond acceptors (Lipinski definition) is 4. The number of phenols is 1. The number of anilines is 1. The fraction of sp³-hybridized carbons (Fsp3) is 0.136. The second-order valence-corrected chi connectivity index (χ2v) is 5.88. The number of carbonyl (C=O) groups excluding carboxylic acids is 1. The first-order chi connectivity index (χ1) is 13.1. The average Bonchev–Trinajstić information content (AvgIpc) is 2.67. The highest BCUT2D eigenvalue weighted by Crippen LogP contribution is 2.25. The summed E-state index contributed by atoms with van der Waals surface area (Å²) < 4.78 is 11.2. The summed E-state index contributed by atoms with van der Waals surface area (Å²) >= 11 is 0. The maximum absolute atomic E-state index is 12.1. The maximum atomic E-state index is 12.1. The molecular formula is C22H21NO4. The van der Waals surface area contributed by atoms with Crippen LogP contribution in [0.2, 0.25) is 0 Å². The van der Waals surface area contributed by atoms with Crippen LogP contribution in [0.5, 0.6) is 23.0 Å². The molecule has 0 saturated heterocycles. The first-order valence-corrected chi connectivity index (χ1v) is 8.71. The molecule has 3 aromatic carbocycles. The van der Waals surface area contributed by atoms with Crippen molar-refractivity contribution >= 4 is 11.6 Å². The molecule has 0 aromatic heterocycles. The van der Waals surface area contributed by atoms with Gasteiger partial charge in [-0.1, -0.05) is 18.2 Å². The van der Waals surface area contributed by atoms with Gasteiger partial charge in [0.1, 0.15) is 23.0 Å². The number of rotatable bonds is 7. The van der Waals surface area contributed by atoms with E-state index in [0.717, 1.165) is 5.75 Å². The van der Waals surface area contributed by atoms with Crippen molar-refractivity contribution in [3.8, 4) is 23.0 Å². The third-order valence-corrected chi connectivity index (χ3v) is 3.85. The van der Waals surface area contributed by atoms with Gasteiger partial charge < -0.3 is 19.9 Å². The van der Waals surface area contributed by atoms with Crippen LogP contribution in [0, 0.1) is 0 Å². The van der Waals surface area contributed by atoms with Gasteiger partial charge in [0.2, 0.25) is 5.91 Å². The Morgan fingerprint density at radius 2 is 1.48 bits per heavy atom. The minimum Gasteiger partial charge on any atom is -0.508 e. The molecule has 27 heavy (non-hydrogen) atoms. The zero-order valence-corrected chi connectivity index (χ0v) is 15.0. The second-order valence-electron chi connectivity index (χ2n) is 5.88. The van der Waals surface area contributed by atoms with Gasteiger partial charge in [-0.2, -0.15) is 0 Å². The zero-order chi connectivity index (χ0) is 19.1. The van der Waals surface area contributed by atoms with Crippen molar-refractivity contribution in [1.29, 1.82) is 0 Å². The molecule has 3 rings (SSSR count). The third kappa shape index (κ3) is 5.25. The Balaban J connectivity index is 1.56. The summed E-state index contributed by atoms with van der Waals surface area (Å²) in [4.78, 5) is 12.1. The molecule has 0 heterocycles. The first kappa shape index (κ1) is 18.3. The number of aromatic hydroxyl groups is 1. The molecule has 0 unspecified atom stereocenters. The van der Waals surface area contributed by atoms with E-state index >= 15 is 0 Å². The van der Waals surface area contributed by atoms with E-state index in [9.17, 15) is 9.90 Å². The second kappa shape index (κ2) is 8.76. The third-order valence-electron chi connectivity index (χ3n) is 3.85. The predicted octanol–water partition coefficient (Wildman–Crippen LogP) is 4.76. The van der Waals surface area contributed by atoms with E-state index in [1.807, 2.05) is 31.2 Å². The molecule has 2 N–H and O–H groups in total. The van der Waals surface area contributed by atoms with Crippen LogP contribution in [0.25, 0.3) is 0 Å². The number of ether oxygens (including phenoxy) is 2. The molecule has 0 atom stereocenters. The molecule has 5 heteroatoms. The van der Waals surface area contributed by atoms with Gasteiger partial charge >= 0.3 is 0 Å². The van der Waals surface area contributed by atoms with E-state index < -0.39 is 0 Å². The average molecular weight is 363 g/mol. The van der Waals surface area contributed by atoms with Gasteiger partial charge in [0.15, 0.2) is 0 Å². The van der Waals surface area contributed by atoms with E-state index in [1.165, 1.54) is 0 Å². The molecule has 0 aliphatic rings. The molecule has 3 aromatic rings. The van der Waals surface area contributed by atoms with E-state index in [1.54, 1.807) is 48.5 Å². The lowest BCUT2D eigenvalue weighted by Crippen LogP contribution is -2.14. The Hall–Kier alpha value is -3.47. The molecule has 138 valence electrons. The highest BCUT2D eigenvalue weighted by molar-refractivity contribution is 5.92. The standard InChI is InChI=1S/C22H21NO4/c1-2-26-18-11-13-20(14-12-18)27-19-9-7-17(8-10-19)23-22(25)15-16-5-3-4-6-21(16)24/h3-14,24H,2,15H2,1H3,(H,23,25). The molecule has 0 saturated carbocycles. The number of hydrogen-bond donors (Lipinski definition) is 2. The van der Waals surface area contributed by atoms with Crippen LogP contribution in [0.4, 0.5) is 5.69 Å². The molecule has 0 aliphatic heterocycles. The quantitative estimate of drug-likeness (QED) is 0.635. The van der Waals surface area contributed by atoms with Crippen molar-refractivity contribution in [3.63, 3.8) is 0 Å². The zero-order valence-electron chi connectivity index (χ0n) is 15.0. The Kier molecular flexibility index (Phi) is 5.94. The van der Waals surface area contributed by atoms with Crippen LogP contribution in [0.1, 0.15) is 12.5 Å². The van der Waals surface area contributed by atoms with Gasteiger partial charge in [0, 0.05) is 11.3 Å². The van der Waals surface area contributed by atoms with Crippen molar-refractivity contribution in [2.45, 2.75) is 13.3 Å². The fourth-order valence-corrected chi connectivity index (χ4v) is 2.55. The van der Waals surface area contributed by atoms with Gasteiger partial charge in [0.05, 0.1) is 13.0 Å². The Morgan fingerprint density at radius 3 is 2.11 bits per heavy atom. The normalized spacial score (nSPS) is 10.3. The molecule has 0 radical (unpaired) electrons. The van der Waals surface area contributed by atoms with E-state index in [2.05, 4.69) is 5.32 Å². The van der Waals surface area contributed by atoms with Crippen LogP contribution in [0.15, 0.2) is 72.8 Å². The van der Waals surface area contributed by atoms with Crippen molar-refractivity contribution in [1.82, 2.24) is 0 Å². The largest absolute Gasteiger partial charge is 0.508 e.